The number of esters is 1. The van der Waals surface area contributed by atoms with Crippen molar-refractivity contribution >= 4 is 35.1 Å². The van der Waals surface area contributed by atoms with Crippen molar-refractivity contribution in [2.75, 3.05) is 5.32 Å². The highest BCUT2D eigenvalue weighted by atomic mass is 35.5. The molecule has 1 aromatic carbocycles. The van der Waals surface area contributed by atoms with Gasteiger partial charge in [0, 0.05) is 23.5 Å². The van der Waals surface area contributed by atoms with Crippen molar-refractivity contribution in [3.05, 3.63) is 45.7 Å². The Balaban J connectivity index is 2.23. The molecule has 0 fully saturated rings. The molecule has 24 heavy (non-hydrogen) atoms. The van der Waals surface area contributed by atoms with Crippen LogP contribution in [-0.2, 0) is 17.5 Å². The molecule has 0 spiro atoms. The first kappa shape index (κ1) is 18.3. The van der Waals surface area contributed by atoms with E-state index in [1.807, 2.05) is 0 Å². The van der Waals surface area contributed by atoms with Crippen LogP contribution in [0.2, 0.25) is 10.0 Å². The molecule has 2 rings (SSSR count). The minimum atomic E-state index is -4.80. The zero-order chi connectivity index (χ0) is 17.9. The van der Waals surface area contributed by atoms with E-state index in [0.717, 1.165) is 13.1 Å². The first-order valence-corrected chi connectivity index (χ1v) is 7.23. The van der Waals surface area contributed by atoms with Crippen molar-refractivity contribution in [2.45, 2.75) is 19.6 Å². The molecular weight excluding hydrogens is 370 g/mol. The lowest BCUT2D eigenvalue weighted by Crippen LogP contribution is -2.16. The Morgan fingerprint density at radius 3 is 2.62 bits per heavy atom. The fourth-order valence-corrected chi connectivity index (χ4v) is 2.20. The highest BCUT2D eigenvalue weighted by Crippen LogP contribution is 2.35. The number of hydrogen-bond acceptors (Lipinski definition) is 5. The second-order valence-corrected chi connectivity index (χ2v) is 5.43. The molecule has 1 N–H and O–H groups in total. The zero-order valence-electron chi connectivity index (χ0n) is 12.1. The number of carbonyl (C=O) groups excluding carboxylic acids is 1. The average Bonchev–Trinajstić information content (AvgIpc) is 2.46. The maximum absolute atomic E-state index is 13.0. The van der Waals surface area contributed by atoms with Crippen molar-refractivity contribution in [3.63, 3.8) is 0 Å². The summed E-state index contributed by atoms with van der Waals surface area (Å²) in [6.07, 6.45) is -4.02. The molecule has 2 aromatic rings. The molecule has 5 nitrogen and oxygen atoms in total. The lowest BCUT2D eigenvalue weighted by Gasteiger charge is -2.13. The molecule has 0 unspecified atom stereocenters. The number of aromatic nitrogens is 2. The van der Waals surface area contributed by atoms with Crippen molar-refractivity contribution in [3.8, 4) is 5.75 Å². The van der Waals surface area contributed by atoms with Crippen LogP contribution in [0, 0.1) is 0 Å². The van der Waals surface area contributed by atoms with Crippen molar-refractivity contribution in [2.24, 2.45) is 0 Å². The Morgan fingerprint density at radius 1 is 1.33 bits per heavy atom. The summed E-state index contributed by atoms with van der Waals surface area (Å²) in [7, 11) is 0. The predicted molar refractivity (Wildman–Crippen MR) is 82.1 cm³/mol. The van der Waals surface area contributed by atoms with Gasteiger partial charge in [-0.15, -0.1) is 0 Å². The quantitative estimate of drug-likeness (QED) is 0.800. The summed E-state index contributed by atoms with van der Waals surface area (Å²) in [6, 6.07) is 4.72. The SMILES string of the molecule is CC(=O)Oc1cnc(NCc2ccc(Cl)cc2Cl)nc1C(F)(F)F. The van der Waals surface area contributed by atoms with E-state index in [1.54, 1.807) is 12.1 Å². The predicted octanol–water partition coefficient (Wildman–Crippen LogP) is 4.34. The lowest BCUT2D eigenvalue weighted by molar-refractivity contribution is -0.144. The molecule has 128 valence electrons. The summed E-state index contributed by atoms with van der Waals surface area (Å²) in [5.41, 5.74) is -0.750. The molecule has 0 aliphatic carbocycles. The molecule has 0 aliphatic rings. The van der Waals surface area contributed by atoms with Gasteiger partial charge in [0.05, 0.1) is 6.20 Å². The summed E-state index contributed by atoms with van der Waals surface area (Å²) < 4.78 is 43.5. The minimum Gasteiger partial charge on any atom is -0.423 e. The van der Waals surface area contributed by atoms with Gasteiger partial charge in [-0.25, -0.2) is 9.97 Å². The van der Waals surface area contributed by atoms with E-state index in [-0.39, 0.29) is 12.5 Å². The van der Waals surface area contributed by atoms with Crippen LogP contribution in [0.15, 0.2) is 24.4 Å². The van der Waals surface area contributed by atoms with Gasteiger partial charge < -0.3 is 10.1 Å². The summed E-state index contributed by atoms with van der Waals surface area (Å²) in [4.78, 5) is 17.9. The van der Waals surface area contributed by atoms with Crippen LogP contribution < -0.4 is 10.1 Å². The van der Waals surface area contributed by atoms with Crippen LogP contribution in [0.3, 0.4) is 0 Å². The van der Waals surface area contributed by atoms with Crippen LogP contribution in [0.5, 0.6) is 5.75 Å². The van der Waals surface area contributed by atoms with Crippen molar-refractivity contribution in [1.82, 2.24) is 9.97 Å². The molecule has 0 saturated carbocycles. The monoisotopic (exact) mass is 379 g/mol. The van der Waals surface area contributed by atoms with Crippen LogP contribution in [0.4, 0.5) is 19.1 Å². The third kappa shape index (κ3) is 4.72. The Morgan fingerprint density at radius 2 is 2.04 bits per heavy atom. The largest absolute Gasteiger partial charge is 0.437 e. The molecule has 0 radical (unpaired) electrons. The highest BCUT2D eigenvalue weighted by Gasteiger charge is 2.37. The van der Waals surface area contributed by atoms with Gasteiger partial charge in [-0.2, -0.15) is 13.2 Å². The van der Waals surface area contributed by atoms with Gasteiger partial charge in [-0.05, 0) is 17.7 Å². The Hall–Kier alpha value is -2.06. The van der Waals surface area contributed by atoms with Gasteiger partial charge >= 0.3 is 12.1 Å². The maximum atomic E-state index is 13.0. The first-order valence-electron chi connectivity index (χ1n) is 6.47. The molecular formula is C14H10Cl2F3N3O2. The van der Waals surface area contributed by atoms with E-state index in [4.69, 9.17) is 23.2 Å². The summed E-state index contributed by atoms with van der Waals surface area (Å²) in [6.45, 7) is 1.06. The molecule has 0 atom stereocenters. The highest BCUT2D eigenvalue weighted by molar-refractivity contribution is 6.35. The number of alkyl halides is 3. The standard InChI is InChI=1S/C14H10Cl2F3N3O2/c1-7(23)24-11-6-21-13(22-12(11)14(17,18)19)20-5-8-2-3-9(15)4-10(8)16/h2-4,6H,5H2,1H3,(H,20,21,22). The molecule has 0 aliphatic heterocycles. The number of anilines is 1. The topological polar surface area (TPSA) is 64.1 Å². The first-order chi connectivity index (χ1) is 11.2. The van der Waals surface area contributed by atoms with Crippen molar-refractivity contribution < 1.29 is 22.7 Å². The Labute approximate surface area is 144 Å². The van der Waals surface area contributed by atoms with Crippen molar-refractivity contribution in [1.29, 1.82) is 0 Å². The van der Waals surface area contributed by atoms with Crippen LogP contribution in [0.1, 0.15) is 18.2 Å². The summed E-state index contributed by atoms with van der Waals surface area (Å²) in [5.74, 6) is -1.95. The summed E-state index contributed by atoms with van der Waals surface area (Å²) >= 11 is 11.7. The molecule has 10 heteroatoms. The number of carbonyl (C=O) groups is 1. The molecule has 1 heterocycles. The molecule has 1 aromatic heterocycles. The number of halogens is 5. The summed E-state index contributed by atoms with van der Waals surface area (Å²) in [5, 5.41) is 3.41. The van der Waals surface area contributed by atoms with Gasteiger partial charge in [0.1, 0.15) is 0 Å². The van der Waals surface area contributed by atoms with Crippen LogP contribution >= 0.6 is 23.2 Å². The Kier molecular flexibility index (Phi) is 5.51. The fourth-order valence-electron chi connectivity index (χ4n) is 1.73. The van der Waals surface area contributed by atoms with Crippen LogP contribution in [0.25, 0.3) is 0 Å². The third-order valence-electron chi connectivity index (χ3n) is 2.73. The van der Waals surface area contributed by atoms with Gasteiger partial charge in [-0.3, -0.25) is 4.79 Å². The zero-order valence-corrected chi connectivity index (χ0v) is 13.6. The average molecular weight is 380 g/mol. The van der Waals surface area contributed by atoms with Crippen LogP contribution in [-0.4, -0.2) is 15.9 Å². The van der Waals surface area contributed by atoms with E-state index in [2.05, 4.69) is 20.0 Å². The minimum absolute atomic E-state index is 0.0835. The Bertz CT molecular complexity index is 769. The number of rotatable bonds is 4. The second kappa shape index (κ2) is 7.23. The van der Waals surface area contributed by atoms with Gasteiger partial charge in [0.2, 0.25) is 5.95 Å². The second-order valence-electron chi connectivity index (χ2n) is 4.59. The van der Waals surface area contributed by atoms with E-state index < -0.39 is 23.6 Å². The number of hydrogen-bond donors (Lipinski definition) is 1. The normalized spacial score (nSPS) is 11.2. The smallest absolute Gasteiger partial charge is 0.423 e. The van der Waals surface area contributed by atoms with Gasteiger partial charge in [0.25, 0.3) is 0 Å². The lowest BCUT2D eigenvalue weighted by atomic mass is 10.2. The van der Waals surface area contributed by atoms with E-state index in [1.165, 1.54) is 6.07 Å². The van der Waals surface area contributed by atoms with E-state index in [0.29, 0.717) is 15.6 Å². The fraction of sp³-hybridized carbons (Fsp3) is 0.214. The molecule has 0 bridgehead atoms. The number of nitrogens with one attached hydrogen (secondary N) is 1. The third-order valence-corrected chi connectivity index (χ3v) is 3.32. The maximum Gasteiger partial charge on any atom is 0.437 e. The molecule has 0 amide bonds. The van der Waals surface area contributed by atoms with Gasteiger partial charge in [-0.1, -0.05) is 29.3 Å². The van der Waals surface area contributed by atoms with Gasteiger partial charge in [0.15, 0.2) is 11.4 Å². The number of ether oxygens (including phenoxy) is 1. The van der Waals surface area contributed by atoms with E-state index in [9.17, 15) is 18.0 Å². The molecule has 0 saturated heterocycles. The number of nitrogens with zero attached hydrogens (tertiary/aromatic N) is 2. The van der Waals surface area contributed by atoms with E-state index >= 15 is 0 Å². The number of benzene rings is 1.